The molecule has 0 saturated carbocycles. The second kappa shape index (κ2) is 2.92. The molecular weight excluding hydrogens is 149 g/mol. The predicted molar refractivity (Wildman–Crippen MR) is 38.1 cm³/mol. The van der Waals surface area contributed by atoms with Crippen LogP contribution < -0.4 is 5.32 Å². The Labute approximate surface area is 56.8 Å². The van der Waals surface area contributed by atoms with Crippen LogP contribution in [0.1, 0.15) is 6.92 Å². The third-order valence-electron chi connectivity index (χ3n) is 0.487. The molecule has 0 aliphatic heterocycles. The predicted octanol–water partition coefficient (Wildman–Crippen LogP) is 0.0502. The Kier molecular flexibility index (Phi) is 3.24. The van der Waals surface area contributed by atoms with Gasteiger partial charge in [0, 0.05) is 0 Å². The molecule has 0 saturated heterocycles. The van der Waals surface area contributed by atoms with Crippen LogP contribution in [0.5, 0.6) is 0 Å². The number of hydrogen-bond donors (Lipinski definition) is 1. The first-order chi connectivity index (χ1) is 3.06. The molecular formula is C3H9Cl2NSi. The van der Waals surface area contributed by atoms with Gasteiger partial charge < -0.3 is 0 Å². The van der Waals surface area contributed by atoms with Gasteiger partial charge in [0.25, 0.3) is 0 Å². The third-order valence-corrected chi connectivity index (χ3v) is 1.11. The van der Waals surface area contributed by atoms with Crippen LogP contribution in [0.3, 0.4) is 0 Å². The highest BCUT2D eigenvalue weighted by atomic mass is 35.5. The number of alkyl halides is 2. The molecule has 0 aliphatic rings. The summed E-state index contributed by atoms with van der Waals surface area (Å²) in [5.74, 6) is 0. The zero-order valence-electron chi connectivity index (χ0n) is 4.46. The Balaban J connectivity index is 3.15. The van der Waals surface area contributed by atoms with Crippen molar-refractivity contribution >= 4 is 33.4 Å². The van der Waals surface area contributed by atoms with Crippen LogP contribution in [-0.2, 0) is 0 Å². The summed E-state index contributed by atoms with van der Waals surface area (Å²) in [5, 5.41) is 2.88. The van der Waals surface area contributed by atoms with Crippen molar-refractivity contribution in [3.8, 4) is 0 Å². The van der Waals surface area contributed by atoms with Crippen molar-refractivity contribution in [2.45, 2.75) is 11.0 Å². The molecule has 0 atom stereocenters. The molecule has 0 spiro atoms. The molecule has 0 bridgehead atoms. The van der Waals surface area contributed by atoms with Gasteiger partial charge in [0.05, 0.1) is 10.2 Å². The molecule has 7 heavy (non-hydrogen) atoms. The molecule has 0 aromatic heterocycles. The quantitative estimate of drug-likeness (QED) is 0.340. The zero-order chi connectivity index (χ0) is 5.91. The highest BCUT2D eigenvalue weighted by Gasteiger charge is 2.11. The Morgan fingerprint density at radius 3 is 2.14 bits per heavy atom. The van der Waals surface area contributed by atoms with Crippen molar-refractivity contribution in [2.24, 2.45) is 0 Å². The van der Waals surface area contributed by atoms with Gasteiger partial charge in [-0.25, -0.2) is 0 Å². The van der Waals surface area contributed by atoms with E-state index in [0.29, 0.717) is 0 Å². The Morgan fingerprint density at radius 1 is 1.71 bits per heavy atom. The number of halogens is 2. The van der Waals surface area contributed by atoms with Gasteiger partial charge in [-0.3, -0.25) is 5.32 Å². The van der Waals surface area contributed by atoms with E-state index in [1.54, 1.807) is 0 Å². The summed E-state index contributed by atoms with van der Waals surface area (Å²) in [6.45, 7) is 2.80. The molecule has 0 heterocycles. The highest BCUT2D eigenvalue weighted by Crippen LogP contribution is 2.09. The van der Waals surface area contributed by atoms with E-state index in [4.69, 9.17) is 23.2 Å². The number of hydrogen-bond acceptors (Lipinski definition) is 1. The maximum Gasteiger partial charge on any atom is 0.143 e. The van der Waals surface area contributed by atoms with Crippen molar-refractivity contribution in [1.82, 2.24) is 5.32 Å². The van der Waals surface area contributed by atoms with E-state index < -0.39 is 4.08 Å². The van der Waals surface area contributed by atoms with E-state index in [1.807, 2.05) is 6.92 Å². The van der Waals surface area contributed by atoms with Crippen LogP contribution in [0.2, 0.25) is 0 Å². The summed E-state index contributed by atoms with van der Waals surface area (Å²) in [7, 11) is 0.757. The van der Waals surface area contributed by atoms with E-state index in [0.717, 1.165) is 16.8 Å². The number of nitrogens with one attached hydrogen (secondary N) is 1. The average molecular weight is 158 g/mol. The normalized spacial score (nSPS) is 12.4. The van der Waals surface area contributed by atoms with E-state index in [1.165, 1.54) is 0 Å². The van der Waals surface area contributed by atoms with Gasteiger partial charge in [0.1, 0.15) is 4.08 Å². The van der Waals surface area contributed by atoms with Gasteiger partial charge in [0.2, 0.25) is 0 Å². The fourth-order valence-corrected chi connectivity index (χ4v) is 0.931. The minimum Gasteiger partial charge on any atom is -0.291 e. The molecule has 0 radical (unpaired) electrons. The van der Waals surface area contributed by atoms with Crippen molar-refractivity contribution in [2.75, 3.05) is 6.54 Å². The second-order valence-corrected chi connectivity index (χ2v) is 5.89. The fourth-order valence-electron chi connectivity index (χ4n) is 0.310. The first kappa shape index (κ1) is 7.76. The van der Waals surface area contributed by atoms with Crippen LogP contribution >= 0.6 is 23.2 Å². The van der Waals surface area contributed by atoms with Gasteiger partial charge in [-0.2, -0.15) is 0 Å². The lowest BCUT2D eigenvalue weighted by Crippen LogP contribution is -2.33. The van der Waals surface area contributed by atoms with E-state index in [9.17, 15) is 0 Å². The molecule has 1 N–H and O–H groups in total. The van der Waals surface area contributed by atoms with Gasteiger partial charge in [0.15, 0.2) is 0 Å². The van der Waals surface area contributed by atoms with Crippen molar-refractivity contribution in [3.63, 3.8) is 0 Å². The summed E-state index contributed by atoms with van der Waals surface area (Å²) in [6, 6.07) is 0. The van der Waals surface area contributed by atoms with E-state index >= 15 is 0 Å². The summed E-state index contributed by atoms with van der Waals surface area (Å²) >= 11 is 11.1. The lowest BCUT2D eigenvalue weighted by atomic mass is 10.8. The van der Waals surface area contributed by atoms with Gasteiger partial charge in [-0.1, -0.05) is 30.1 Å². The van der Waals surface area contributed by atoms with Gasteiger partial charge in [-0.05, 0) is 6.54 Å². The van der Waals surface area contributed by atoms with Crippen LogP contribution in [-0.4, -0.2) is 20.9 Å². The molecule has 0 aromatic carbocycles. The average Bonchev–Trinajstić information content (AvgIpc) is 1.30. The topological polar surface area (TPSA) is 12.0 Å². The molecule has 44 valence electrons. The molecule has 1 nitrogen and oxygen atoms in total. The maximum atomic E-state index is 5.55. The molecule has 0 rings (SSSR count). The summed E-state index contributed by atoms with van der Waals surface area (Å²) in [5.41, 5.74) is 0. The Bertz CT molecular complexity index is 51.4. The third kappa shape index (κ3) is 6.76. The minimum atomic E-state index is -0.616. The summed E-state index contributed by atoms with van der Waals surface area (Å²) in [6.07, 6.45) is 0. The van der Waals surface area contributed by atoms with Crippen molar-refractivity contribution < 1.29 is 0 Å². The highest BCUT2D eigenvalue weighted by molar-refractivity contribution is 6.64. The Morgan fingerprint density at radius 2 is 2.14 bits per heavy atom. The monoisotopic (exact) mass is 157 g/mol. The van der Waals surface area contributed by atoms with Crippen LogP contribution in [0, 0.1) is 0 Å². The summed E-state index contributed by atoms with van der Waals surface area (Å²) < 4.78 is -0.616. The molecule has 0 aromatic rings. The van der Waals surface area contributed by atoms with Crippen molar-refractivity contribution in [3.05, 3.63) is 0 Å². The first-order valence-electron chi connectivity index (χ1n) is 2.19. The van der Waals surface area contributed by atoms with E-state index in [-0.39, 0.29) is 0 Å². The lowest BCUT2D eigenvalue weighted by Gasteiger charge is -2.12. The first-order valence-corrected chi connectivity index (χ1v) is 3.94. The lowest BCUT2D eigenvalue weighted by molar-refractivity contribution is 0.753. The molecule has 0 fully saturated rings. The summed E-state index contributed by atoms with van der Waals surface area (Å²) in [4.78, 5) is 0. The number of rotatable bonds is 2. The van der Waals surface area contributed by atoms with Gasteiger partial charge in [-0.15, -0.1) is 0 Å². The van der Waals surface area contributed by atoms with Gasteiger partial charge >= 0.3 is 0 Å². The molecule has 0 unspecified atom stereocenters. The molecule has 0 aliphatic carbocycles. The zero-order valence-corrected chi connectivity index (χ0v) is 7.97. The minimum absolute atomic E-state index is 0.616. The fraction of sp³-hybridized carbons (Fsp3) is 1.00. The smallest absolute Gasteiger partial charge is 0.143 e. The maximum absolute atomic E-state index is 5.55. The van der Waals surface area contributed by atoms with Crippen LogP contribution in [0.25, 0.3) is 0 Å². The van der Waals surface area contributed by atoms with E-state index in [2.05, 4.69) is 5.32 Å². The van der Waals surface area contributed by atoms with Crippen LogP contribution in [0.15, 0.2) is 0 Å². The van der Waals surface area contributed by atoms with Crippen molar-refractivity contribution in [1.29, 1.82) is 0 Å². The molecule has 0 amide bonds. The van der Waals surface area contributed by atoms with Crippen LogP contribution in [0.4, 0.5) is 0 Å². The largest absolute Gasteiger partial charge is 0.291 e. The molecule has 4 heteroatoms. The standard InChI is InChI=1S/C3H9Cl2NSi/c1-2-6-3(4,5)7/h6H,2H2,1,7H3. The Hall–Kier alpha value is 0.757. The second-order valence-electron chi connectivity index (χ2n) is 1.42. The SMILES string of the molecule is CCNC([SiH3])(Cl)Cl.